The van der Waals surface area contributed by atoms with E-state index in [1.54, 1.807) is 16.5 Å². The van der Waals surface area contributed by atoms with Gasteiger partial charge >= 0.3 is 0 Å². The summed E-state index contributed by atoms with van der Waals surface area (Å²) in [6, 6.07) is 6.81. The molecule has 5 rings (SSSR count). The first-order valence-electron chi connectivity index (χ1n) is 9.16. The molecule has 9 heteroatoms. The second-order valence-corrected chi connectivity index (χ2v) is 6.97. The number of primary amides is 1. The van der Waals surface area contributed by atoms with Crippen LogP contribution in [0.3, 0.4) is 0 Å². The highest BCUT2D eigenvalue weighted by Crippen LogP contribution is 2.37. The minimum absolute atomic E-state index is 0.0834. The molecule has 2 aliphatic rings. The zero-order valence-electron chi connectivity index (χ0n) is 15.0. The molecular formula is C19H18FN7O. The number of hydrogen-bond donors (Lipinski definition) is 2. The lowest BCUT2D eigenvalue weighted by molar-refractivity contribution is 0.0989. The molecule has 28 heavy (non-hydrogen) atoms. The maximum atomic E-state index is 13.4. The van der Waals surface area contributed by atoms with E-state index in [4.69, 9.17) is 5.73 Å². The fourth-order valence-corrected chi connectivity index (χ4v) is 3.96. The van der Waals surface area contributed by atoms with E-state index in [0.717, 1.165) is 42.8 Å². The number of rotatable bonds is 3. The number of pyridine rings is 2. The largest absolute Gasteiger partial charge is 0.363 e. The van der Waals surface area contributed by atoms with Crippen LogP contribution in [-0.4, -0.2) is 43.1 Å². The van der Waals surface area contributed by atoms with Gasteiger partial charge in [-0.15, -0.1) is 10.2 Å². The molecule has 8 nitrogen and oxygen atoms in total. The third-order valence-corrected chi connectivity index (χ3v) is 5.22. The van der Waals surface area contributed by atoms with Gasteiger partial charge in [0.2, 0.25) is 5.82 Å². The topological polar surface area (TPSA) is 101 Å². The summed E-state index contributed by atoms with van der Waals surface area (Å²) >= 11 is 0. The Morgan fingerprint density at radius 1 is 1.21 bits per heavy atom. The molecule has 1 unspecified atom stereocenters. The standard InChI is InChI=1S/C19H18FN7O/c20-12-5-6-13(22-9-12)16-17(26-8-2-1-3-14(26)23-16)11-4-7-15-24-25-19(18(21)28)27(15)10-11/h4-7,9-10,14,23H,1-3,8H2,(H2,21,28). The number of nitrogens with two attached hydrogens (primary N) is 1. The van der Waals surface area contributed by atoms with E-state index in [2.05, 4.69) is 25.4 Å². The van der Waals surface area contributed by atoms with Crippen molar-refractivity contribution in [2.45, 2.75) is 25.4 Å². The number of carbonyl (C=O) groups excluding carboxylic acids is 1. The summed E-state index contributed by atoms with van der Waals surface area (Å²) in [6.07, 6.45) is 6.43. The third-order valence-electron chi connectivity index (χ3n) is 5.22. The summed E-state index contributed by atoms with van der Waals surface area (Å²) in [6.45, 7) is 0.903. The van der Waals surface area contributed by atoms with Gasteiger partial charge in [0.25, 0.3) is 5.91 Å². The van der Waals surface area contributed by atoms with Gasteiger partial charge < -0.3 is 16.0 Å². The number of fused-ring (bicyclic) bond motifs is 2. The minimum Gasteiger partial charge on any atom is -0.363 e. The molecule has 1 atom stereocenters. The van der Waals surface area contributed by atoms with Crippen molar-refractivity contribution in [3.05, 3.63) is 59.6 Å². The van der Waals surface area contributed by atoms with E-state index in [-0.39, 0.29) is 17.8 Å². The lowest BCUT2D eigenvalue weighted by Gasteiger charge is -2.33. The quantitative estimate of drug-likeness (QED) is 0.717. The van der Waals surface area contributed by atoms with Crippen LogP contribution in [0.2, 0.25) is 0 Å². The Bertz CT molecular complexity index is 1110. The van der Waals surface area contributed by atoms with Crippen molar-refractivity contribution in [2.24, 2.45) is 5.73 Å². The van der Waals surface area contributed by atoms with Crippen molar-refractivity contribution in [2.75, 3.05) is 6.54 Å². The highest BCUT2D eigenvalue weighted by atomic mass is 19.1. The molecular weight excluding hydrogens is 361 g/mol. The van der Waals surface area contributed by atoms with E-state index in [1.807, 2.05) is 12.3 Å². The molecule has 0 aromatic carbocycles. The maximum absolute atomic E-state index is 13.4. The molecule has 0 spiro atoms. The highest BCUT2D eigenvalue weighted by Gasteiger charge is 2.35. The van der Waals surface area contributed by atoms with Crippen molar-refractivity contribution < 1.29 is 9.18 Å². The van der Waals surface area contributed by atoms with E-state index < -0.39 is 5.91 Å². The number of nitrogens with one attached hydrogen (secondary N) is 1. The summed E-state index contributed by atoms with van der Waals surface area (Å²) < 4.78 is 15.0. The van der Waals surface area contributed by atoms with Crippen LogP contribution in [0.5, 0.6) is 0 Å². The molecule has 0 aliphatic carbocycles. The van der Waals surface area contributed by atoms with Crippen LogP contribution < -0.4 is 11.1 Å². The molecule has 1 saturated heterocycles. The highest BCUT2D eigenvalue weighted by molar-refractivity contribution is 5.92. The van der Waals surface area contributed by atoms with Crippen LogP contribution in [0.1, 0.15) is 41.1 Å². The molecule has 2 aliphatic heterocycles. The Balaban J connectivity index is 1.69. The predicted molar refractivity (Wildman–Crippen MR) is 100.0 cm³/mol. The Morgan fingerprint density at radius 2 is 2.11 bits per heavy atom. The molecule has 3 aromatic heterocycles. The Kier molecular flexibility index (Phi) is 3.75. The average molecular weight is 379 g/mol. The molecule has 0 saturated carbocycles. The maximum Gasteiger partial charge on any atom is 0.287 e. The second kappa shape index (κ2) is 6.29. The van der Waals surface area contributed by atoms with E-state index in [0.29, 0.717) is 11.3 Å². The first-order valence-corrected chi connectivity index (χ1v) is 9.16. The fourth-order valence-electron chi connectivity index (χ4n) is 3.96. The van der Waals surface area contributed by atoms with Crippen LogP contribution >= 0.6 is 0 Å². The first-order chi connectivity index (χ1) is 13.6. The summed E-state index contributed by atoms with van der Waals surface area (Å²) in [7, 11) is 0. The predicted octanol–water partition coefficient (Wildman–Crippen LogP) is 1.60. The van der Waals surface area contributed by atoms with Crippen molar-refractivity contribution in [3.8, 4) is 0 Å². The molecule has 0 bridgehead atoms. The Labute approximate surface area is 159 Å². The van der Waals surface area contributed by atoms with Crippen LogP contribution in [0.25, 0.3) is 17.0 Å². The zero-order chi connectivity index (χ0) is 19.3. The lowest BCUT2D eigenvalue weighted by Crippen LogP contribution is -2.40. The van der Waals surface area contributed by atoms with Gasteiger partial charge in [0.15, 0.2) is 5.65 Å². The first kappa shape index (κ1) is 16.7. The van der Waals surface area contributed by atoms with Crippen LogP contribution in [0.4, 0.5) is 4.39 Å². The van der Waals surface area contributed by atoms with Crippen molar-refractivity contribution in [1.29, 1.82) is 0 Å². The van der Waals surface area contributed by atoms with Gasteiger partial charge in [-0.3, -0.25) is 14.2 Å². The molecule has 5 heterocycles. The number of hydrogen-bond acceptors (Lipinski definition) is 6. The normalized spacial score (nSPS) is 19.0. The average Bonchev–Trinajstić information content (AvgIpc) is 3.29. The van der Waals surface area contributed by atoms with Crippen LogP contribution in [0.15, 0.2) is 36.7 Å². The fraction of sp³-hybridized carbons (Fsp3) is 0.263. The van der Waals surface area contributed by atoms with E-state index in [9.17, 15) is 9.18 Å². The van der Waals surface area contributed by atoms with Crippen molar-refractivity contribution in [1.82, 2.24) is 29.8 Å². The molecule has 1 fully saturated rings. The summed E-state index contributed by atoms with van der Waals surface area (Å²) in [4.78, 5) is 18.2. The SMILES string of the molecule is NC(=O)c1nnc2ccc(C3=C(c4ccc(F)cn4)NC4CCCCN34)cn12. The van der Waals surface area contributed by atoms with Crippen LogP contribution in [-0.2, 0) is 0 Å². The minimum atomic E-state index is -0.639. The van der Waals surface area contributed by atoms with Gasteiger partial charge in [-0.25, -0.2) is 4.39 Å². The van der Waals surface area contributed by atoms with E-state index in [1.165, 1.54) is 12.3 Å². The number of carbonyl (C=O) groups is 1. The number of halogens is 1. The van der Waals surface area contributed by atoms with Gasteiger partial charge in [0.05, 0.1) is 29.5 Å². The van der Waals surface area contributed by atoms with Gasteiger partial charge in [-0.1, -0.05) is 0 Å². The Morgan fingerprint density at radius 3 is 2.89 bits per heavy atom. The summed E-state index contributed by atoms with van der Waals surface area (Å²) in [5.74, 6) is -0.932. The molecule has 0 radical (unpaired) electrons. The van der Waals surface area contributed by atoms with E-state index >= 15 is 0 Å². The molecule has 1 amide bonds. The number of piperidine rings is 1. The van der Waals surface area contributed by atoms with Crippen molar-refractivity contribution in [3.63, 3.8) is 0 Å². The number of aromatic nitrogens is 4. The smallest absolute Gasteiger partial charge is 0.287 e. The van der Waals surface area contributed by atoms with Gasteiger partial charge in [0.1, 0.15) is 5.82 Å². The molecule has 142 valence electrons. The molecule has 3 N–H and O–H groups in total. The van der Waals surface area contributed by atoms with Crippen molar-refractivity contribution >= 4 is 22.9 Å². The number of amides is 1. The summed E-state index contributed by atoms with van der Waals surface area (Å²) in [5, 5.41) is 11.4. The molecule has 3 aromatic rings. The zero-order valence-corrected chi connectivity index (χ0v) is 15.0. The van der Waals surface area contributed by atoms with Gasteiger partial charge in [-0.2, -0.15) is 0 Å². The van der Waals surface area contributed by atoms with Gasteiger partial charge in [0, 0.05) is 18.3 Å². The van der Waals surface area contributed by atoms with Gasteiger partial charge in [-0.05, 0) is 43.5 Å². The van der Waals surface area contributed by atoms with Crippen LogP contribution in [0, 0.1) is 5.82 Å². The second-order valence-electron chi connectivity index (χ2n) is 6.97. The third kappa shape index (κ3) is 2.58. The summed E-state index contributed by atoms with van der Waals surface area (Å²) in [5.41, 5.74) is 9.33. The lowest BCUT2D eigenvalue weighted by atomic mass is 10.1. The number of nitrogens with zero attached hydrogens (tertiary/aromatic N) is 5. The Hall–Kier alpha value is -3.49. The monoisotopic (exact) mass is 379 g/mol.